The van der Waals surface area contributed by atoms with E-state index < -0.39 is 5.97 Å². The molecule has 3 nitrogen and oxygen atoms in total. The highest BCUT2D eigenvalue weighted by Gasteiger charge is 2.29. The molecule has 0 aromatic rings. The Morgan fingerprint density at radius 2 is 2.25 bits per heavy atom. The number of nitrogens with zero attached hydrogens (tertiary/aromatic N) is 1. The fraction of sp³-hybridized carbons (Fsp3) is 0.769. The van der Waals surface area contributed by atoms with Crippen molar-refractivity contribution in [3.05, 3.63) is 11.6 Å². The number of allylic oxidation sites excluding steroid dienone is 2. The summed E-state index contributed by atoms with van der Waals surface area (Å²) in [5, 5.41) is 8.95. The zero-order valence-corrected chi connectivity index (χ0v) is 10.7. The number of hydrogen-bond acceptors (Lipinski definition) is 2. The smallest absolute Gasteiger partial charge is 0.304 e. The first-order chi connectivity index (χ1) is 7.40. The molecule has 0 aromatic heterocycles. The summed E-state index contributed by atoms with van der Waals surface area (Å²) in [6.07, 6.45) is 4.70. The predicted octanol–water partition coefficient (Wildman–Crippen LogP) is 2.38. The summed E-state index contributed by atoms with van der Waals surface area (Å²) in [5.74, 6) is 0.361. The molecule has 1 aliphatic rings. The second kappa shape index (κ2) is 5.48. The van der Waals surface area contributed by atoms with E-state index >= 15 is 0 Å². The van der Waals surface area contributed by atoms with Crippen LogP contribution in [0.25, 0.3) is 0 Å². The molecule has 0 aliphatic heterocycles. The Balaban J connectivity index is 2.72. The lowest BCUT2D eigenvalue weighted by molar-refractivity contribution is -0.138. The Morgan fingerprint density at radius 1 is 1.62 bits per heavy atom. The number of carbonyl (C=O) groups is 1. The van der Waals surface area contributed by atoms with E-state index in [0.29, 0.717) is 11.8 Å². The average Bonchev–Trinajstić information content (AvgIpc) is 2.11. The second-order valence-electron chi connectivity index (χ2n) is 5.32. The molecule has 0 bridgehead atoms. The molecule has 92 valence electrons. The zero-order valence-electron chi connectivity index (χ0n) is 10.7. The van der Waals surface area contributed by atoms with E-state index in [1.165, 1.54) is 5.57 Å². The summed E-state index contributed by atoms with van der Waals surface area (Å²) < 4.78 is 0. The minimum atomic E-state index is -0.696. The van der Waals surface area contributed by atoms with Crippen LogP contribution in [0.3, 0.4) is 0 Å². The van der Waals surface area contributed by atoms with Gasteiger partial charge in [-0.25, -0.2) is 0 Å². The molecule has 16 heavy (non-hydrogen) atoms. The van der Waals surface area contributed by atoms with Gasteiger partial charge >= 0.3 is 5.97 Å². The third kappa shape index (κ3) is 3.63. The van der Waals surface area contributed by atoms with Gasteiger partial charge in [-0.3, -0.25) is 4.79 Å². The molecule has 3 atom stereocenters. The molecule has 0 amide bonds. The maximum absolute atomic E-state index is 10.9. The van der Waals surface area contributed by atoms with E-state index in [1.807, 2.05) is 14.1 Å². The van der Waals surface area contributed by atoms with Crippen LogP contribution in [0.2, 0.25) is 0 Å². The molecule has 0 saturated carbocycles. The quantitative estimate of drug-likeness (QED) is 0.747. The monoisotopic (exact) mass is 225 g/mol. The minimum Gasteiger partial charge on any atom is -0.481 e. The van der Waals surface area contributed by atoms with Crippen LogP contribution in [0.4, 0.5) is 0 Å². The minimum absolute atomic E-state index is 0.156. The van der Waals surface area contributed by atoms with Gasteiger partial charge in [0.1, 0.15) is 0 Å². The number of aliphatic carboxylic acids is 1. The Bertz CT molecular complexity index is 284. The molecule has 3 unspecified atom stereocenters. The van der Waals surface area contributed by atoms with Crippen LogP contribution >= 0.6 is 0 Å². The topological polar surface area (TPSA) is 40.5 Å². The van der Waals surface area contributed by atoms with E-state index in [1.54, 1.807) is 0 Å². The van der Waals surface area contributed by atoms with Crippen LogP contribution in [0.1, 0.15) is 33.1 Å². The molecule has 1 rings (SSSR count). The van der Waals surface area contributed by atoms with Gasteiger partial charge in [0.15, 0.2) is 0 Å². The molecular weight excluding hydrogens is 202 g/mol. The van der Waals surface area contributed by atoms with Gasteiger partial charge in [0, 0.05) is 6.04 Å². The van der Waals surface area contributed by atoms with Gasteiger partial charge in [-0.15, -0.1) is 0 Å². The van der Waals surface area contributed by atoms with Crippen molar-refractivity contribution < 1.29 is 9.90 Å². The lowest BCUT2D eigenvalue weighted by Crippen LogP contribution is -2.39. The highest BCUT2D eigenvalue weighted by atomic mass is 16.4. The van der Waals surface area contributed by atoms with Crippen molar-refractivity contribution in [2.75, 3.05) is 14.1 Å². The lowest BCUT2D eigenvalue weighted by atomic mass is 9.78. The van der Waals surface area contributed by atoms with E-state index in [2.05, 4.69) is 24.8 Å². The van der Waals surface area contributed by atoms with Crippen LogP contribution < -0.4 is 0 Å². The van der Waals surface area contributed by atoms with Crippen molar-refractivity contribution >= 4 is 5.97 Å². The standard InChI is InChI=1S/C13H23NO2/c1-9-5-10(2)7-11(6-9)12(14(3)4)8-13(15)16/h5,9,11-12H,6-8H2,1-4H3,(H,15,16). The maximum Gasteiger partial charge on any atom is 0.304 e. The zero-order chi connectivity index (χ0) is 12.3. The Labute approximate surface area is 98.1 Å². The van der Waals surface area contributed by atoms with Crippen molar-refractivity contribution in [3.63, 3.8) is 0 Å². The highest BCUT2D eigenvalue weighted by Crippen LogP contribution is 2.32. The highest BCUT2D eigenvalue weighted by molar-refractivity contribution is 5.67. The first-order valence-corrected chi connectivity index (χ1v) is 5.95. The van der Waals surface area contributed by atoms with Gasteiger partial charge in [0.25, 0.3) is 0 Å². The van der Waals surface area contributed by atoms with Crippen molar-refractivity contribution in [1.82, 2.24) is 4.90 Å². The van der Waals surface area contributed by atoms with Crippen LogP contribution in [-0.4, -0.2) is 36.1 Å². The van der Waals surface area contributed by atoms with E-state index in [9.17, 15) is 4.79 Å². The molecule has 3 heteroatoms. The van der Waals surface area contributed by atoms with Gasteiger partial charge in [-0.1, -0.05) is 18.6 Å². The molecule has 0 saturated heterocycles. The molecule has 0 radical (unpaired) electrons. The van der Waals surface area contributed by atoms with Gasteiger partial charge in [0.05, 0.1) is 6.42 Å². The van der Waals surface area contributed by atoms with Gasteiger partial charge in [0.2, 0.25) is 0 Å². The number of hydrogen-bond donors (Lipinski definition) is 1. The first-order valence-electron chi connectivity index (χ1n) is 5.95. The molecular formula is C13H23NO2. The van der Waals surface area contributed by atoms with Crippen molar-refractivity contribution in [1.29, 1.82) is 0 Å². The third-order valence-electron chi connectivity index (χ3n) is 3.42. The molecule has 1 aliphatic carbocycles. The second-order valence-corrected chi connectivity index (χ2v) is 5.32. The van der Waals surface area contributed by atoms with Crippen molar-refractivity contribution in [2.24, 2.45) is 11.8 Å². The Kier molecular flexibility index (Phi) is 4.54. The summed E-state index contributed by atoms with van der Waals surface area (Å²) >= 11 is 0. The van der Waals surface area contributed by atoms with Crippen molar-refractivity contribution in [3.8, 4) is 0 Å². The largest absolute Gasteiger partial charge is 0.481 e. The lowest BCUT2D eigenvalue weighted by Gasteiger charge is -2.35. The van der Waals surface area contributed by atoms with Crippen LogP contribution in [0, 0.1) is 11.8 Å². The van der Waals surface area contributed by atoms with Gasteiger partial charge in [-0.2, -0.15) is 0 Å². The molecule has 0 aromatic carbocycles. The van der Waals surface area contributed by atoms with E-state index in [4.69, 9.17) is 5.11 Å². The SMILES string of the molecule is CC1=CC(C)CC(C(CC(=O)O)N(C)C)C1. The first kappa shape index (κ1) is 13.2. The normalized spacial score (nSPS) is 27.7. The number of carboxylic acids is 1. The summed E-state index contributed by atoms with van der Waals surface area (Å²) in [6, 6.07) is 0.156. The van der Waals surface area contributed by atoms with Gasteiger partial charge in [-0.05, 0) is 45.7 Å². The van der Waals surface area contributed by atoms with Crippen molar-refractivity contribution in [2.45, 2.75) is 39.2 Å². The summed E-state index contributed by atoms with van der Waals surface area (Å²) in [7, 11) is 3.96. The van der Waals surface area contributed by atoms with Crippen LogP contribution in [-0.2, 0) is 4.79 Å². The summed E-state index contributed by atoms with van der Waals surface area (Å²) in [4.78, 5) is 12.9. The predicted molar refractivity (Wildman–Crippen MR) is 65.4 cm³/mol. The molecule has 0 spiro atoms. The summed E-state index contributed by atoms with van der Waals surface area (Å²) in [5.41, 5.74) is 1.40. The molecule has 1 N–H and O–H groups in total. The number of rotatable bonds is 4. The van der Waals surface area contributed by atoms with Gasteiger partial charge < -0.3 is 10.0 Å². The van der Waals surface area contributed by atoms with E-state index in [-0.39, 0.29) is 12.5 Å². The molecule has 0 heterocycles. The Hall–Kier alpha value is -0.830. The van der Waals surface area contributed by atoms with E-state index in [0.717, 1.165) is 12.8 Å². The number of carboxylic acid groups (broad SMARTS) is 1. The fourth-order valence-corrected chi connectivity index (χ4v) is 2.84. The van der Waals surface area contributed by atoms with Crippen LogP contribution in [0.5, 0.6) is 0 Å². The Morgan fingerprint density at radius 3 is 2.69 bits per heavy atom. The van der Waals surface area contributed by atoms with Crippen LogP contribution in [0.15, 0.2) is 11.6 Å². The summed E-state index contributed by atoms with van der Waals surface area (Å²) in [6.45, 7) is 4.36. The average molecular weight is 225 g/mol. The molecule has 0 fully saturated rings. The fourth-order valence-electron chi connectivity index (χ4n) is 2.84. The maximum atomic E-state index is 10.9. The third-order valence-corrected chi connectivity index (χ3v) is 3.42.